The van der Waals surface area contributed by atoms with Crippen LogP contribution < -0.4 is 23.4 Å². The van der Waals surface area contributed by atoms with Crippen molar-refractivity contribution in [2.24, 2.45) is 0 Å². The van der Waals surface area contributed by atoms with Gasteiger partial charge in [0.15, 0.2) is 0 Å². The molecule has 0 unspecified atom stereocenters. The summed E-state index contributed by atoms with van der Waals surface area (Å²) in [5, 5.41) is 8.91. The SMILES string of the molecule is Cc1ccc(Oc2ccc(CO)cc2)cc1.[O-][Cl+3]([O-])([O-])[O-]. The Balaban J connectivity index is 0.000000383. The Bertz CT molecular complexity index is 527. The summed E-state index contributed by atoms with van der Waals surface area (Å²) in [6, 6.07) is 15.3. The van der Waals surface area contributed by atoms with Gasteiger partial charge in [-0.3, -0.25) is 0 Å². The molecule has 6 nitrogen and oxygen atoms in total. The molecule has 0 radical (unpaired) electrons. The van der Waals surface area contributed by atoms with Crippen LogP contribution in [0.1, 0.15) is 11.1 Å². The fourth-order valence-electron chi connectivity index (χ4n) is 1.41. The molecule has 1 N–H and O–H groups in total. The first-order chi connectivity index (χ1) is 9.78. The van der Waals surface area contributed by atoms with Gasteiger partial charge in [-0.05, 0) is 36.8 Å². The number of rotatable bonds is 3. The van der Waals surface area contributed by atoms with E-state index in [2.05, 4.69) is 0 Å². The highest BCUT2D eigenvalue weighted by atomic mass is 35.7. The summed E-state index contributed by atoms with van der Waals surface area (Å²) in [4.78, 5) is 0. The van der Waals surface area contributed by atoms with E-state index in [1.807, 2.05) is 55.5 Å². The number of aliphatic hydroxyl groups is 1. The molecule has 0 aliphatic rings. The lowest BCUT2D eigenvalue weighted by Gasteiger charge is -2.17. The van der Waals surface area contributed by atoms with Gasteiger partial charge in [0.1, 0.15) is 11.5 Å². The first-order valence-corrected chi connectivity index (χ1v) is 7.07. The fraction of sp³-hybridized carbons (Fsp3) is 0.143. The highest BCUT2D eigenvalue weighted by Crippen LogP contribution is 2.21. The summed E-state index contributed by atoms with van der Waals surface area (Å²) in [6.45, 7) is 2.10. The van der Waals surface area contributed by atoms with Crippen LogP contribution >= 0.6 is 0 Å². The molecule has 2 aromatic rings. The fourth-order valence-corrected chi connectivity index (χ4v) is 1.41. The zero-order chi connectivity index (χ0) is 15.9. The average molecular weight is 314 g/mol. The lowest BCUT2D eigenvalue weighted by molar-refractivity contribution is -2.00. The minimum absolute atomic E-state index is 0.0603. The average Bonchev–Trinajstić information content (AvgIpc) is 2.40. The van der Waals surface area contributed by atoms with Gasteiger partial charge >= 0.3 is 0 Å². The topological polar surface area (TPSA) is 122 Å². The molecule has 2 aromatic carbocycles. The third-order valence-corrected chi connectivity index (χ3v) is 2.36. The van der Waals surface area contributed by atoms with Crippen molar-refractivity contribution < 1.29 is 38.7 Å². The van der Waals surface area contributed by atoms with Crippen LogP contribution in [0, 0.1) is 17.2 Å². The van der Waals surface area contributed by atoms with Crippen molar-refractivity contribution in [1.82, 2.24) is 0 Å². The summed E-state index contributed by atoms with van der Waals surface area (Å²) >= 11 is 0. The standard InChI is InChI=1S/C14H14O2.ClHO4/c1-11-2-6-13(7-3-11)16-14-8-4-12(10-15)5-9-14;2-1(3,4)5/h2-9,15H,10H2,1H3;(H,2,3,4,5)/p-1. The van der Waals surface area contributed by atoms with Gasteiger partial charge in [-0.2, -0.15) is 0 Å². The molecule has 0 saturated heterocycles. The lowest BCUT2D eigenvalue weighted by atomic mass is 10.2. The Kier molecular flexibility index (Phi) is 6.57. The zero-order valence-corrected chi connectivity index (χ0v) is 11.9. The Morgan fingerprint density at radius 1 is 0.857 bits per heavy atom. The maximum absolute atomic E-state index is 8.91. The molecule has 0 spiro atoms. The van der Waals surface area contributed by atoms with Crippen molar-refractivity contribution in [1.29, 1.82) is 0 Å². The van der Waals surface area contributed by atoms with E-state index in [9.17, 15) is 0 Å². The molecule has 0 saturated carbocycles. The van der Waals surface area contributed by atoms with Gasteiger partial charge < -0.3 is 9.84 Å². The third kappa shape index (κ3) is 8.26. The van der Waals surface area contributed by atoms with E-state index >= 15 is 0 Å². The zero-order valence-electron chi connectivity index (χ0n) is 11.2. The van der Waals surface area contributed by atoms with Gasteiger partial charge in [0.25, 0.3) is 0 Å². The molecule has 21 heavy (non-hydrogen) atoms. The highest BCUT2D eigenvalue weighted by molar-refractivity contribution is 5.34. The Hall–Kier alpha value is -1.67. The van der Waals surface area contributed by atoms with Crippen molar-refractivity contribution in [3.8, 4) is 11.5 Å². The van der Waals surface area contributed by atoms with Crippen molar-refractivity contribution in [2.75, 3.05) is 0 Å². The van der Waals surface area contributed by atoms with Crippen LogP contribution in [0.5, 0.6) is 11.5 Å². The molecule has 0 aliphatic carbocycles. The number of aliphatic hydroxyl groups excluding tert-OH is 1. The van der Waals surface area contributed by atoms with Gasteiger partial charge in [-0.25, -0.2) is 18.6 Å². The number of hydrogen-bond acceptors (Lipinski definition) is 6. The maximum atomic E-state index is 8.91. The van der Waals surface area contributed by atoms with Gasteiger partial charge in [0.05, 0.1) is 6.61 Å². The van der Waals surface area contributed by atoms with Gasteiger partial charge in [0.2, 0.25) is 0 Å². The van der Waals surface area contributed by atoms with Crippen molar-refractivity contribution in [3.05, 3.63) is 59.7 Å². The molecule has 0 aromatic heterocycles. The number of aryl methyl sites for hydroxylation is 1. The maximum Gasteiger partial charge on any atom is 0.127 e. The molecule has 2 rings (SSSR count). The van der Waals surface area contributed by atoms with E-state index < -0.39 is 10.2 Å². The third-order valence-electron chi connectivity index (χ3n) is 2.36. The summed E-state index contributed by atoms with van der Waals surface area (Å²) in [6.07, 6.45) is 0. The number of ether oxygens (including phenoxy) is 1. The van der Waals surface area contributed by atoms with E-state index in [-0.39, 0.29) is 6.61 Å². The molecule has 7 heteroatoms. The monoisotopic (exact) mass is 313 g/mol. The molecule has 0 heterocycles. The molecule has 0 aliphatic heterocycles. The molecule has 0 bridgehead atoms. The second-order valence-corrected chi connectivity index (χ2v) is 4.85. The quantitative estimate of drug-likeness (QED) is 0.737. The van der Waals surface area contributed by atoms with Gasteiger partial charge in [-0.1, -0.05) is 29.8 Å². The van der Waals surface area contributed by atoms with Crippen LogP contribution in [0.2, 0.25) is 0 Å². The first kappa shape index (κ1) is 17.4. The normalized spacial score (nSPS) is 10.6. The Morgan fingerprint density at radius 3 is 1.62 bits per heavy atom. The minimum atomic E-state index is -4.94. The van der Waals surface area contributed by atoms with Crippen molar-refractivity contribution >= 4 is 0 Å². The van der Waals surface area contributed by atoms with Crippen LogP contribution in [0.25, 0.3) is 0 Å². The number of benzene rings is 2. The van der Waals surface area contributed by atoms with E-state index in [0.717, 1.165) is 17.1 Å². The summed E-state index contributed by atoms with van der Waals surface area (Å²) in [5.74, 6) is 1.60. The summed E-state index contributed by atoms with van der Waals surface area (Å²) in [5.41, 5.74) is 2.10. The molecule has 0 atom stereocenters. The van der Waals surface area contributed by atoms with Crippen LogP contribution in [-0.2, 0) is 6.61 Å². The molecular formula is C14H14ClO6-. The Morgan fingerprint density at radius 2 is 1.24 bits per heavy atom. The smallest absolute Gasteiger partial charge is 0.127 e. The molecular weight excluding hydrogens is 300 g/mol. The van der Waals surface area contributed by atoms with Crippen molar-refractivity contribution in [2.45, 2.75) is 13.5 Å². The van der Waals surface area contributed by atoms with Crippen LogP contribution in [0.15, 0.2) is 48.5 Å². The summed E-state index contributed by atoms with van der Waals surface area (Å²) < 4.78 is 39.6. The summed E-state index contributed by atoms with van der Waals surface area (Å²) in [7, 11) is -4.94. The number of halogens is 1. The van der Waals surface area contributed by atoms with E-state index in [1.54, 1.807) is 0 Å². The minimum Gasteiger partial charge on any atom is -0.457 e. The van der Waals surface area contributed by atoms with Gasteiger partial charge in [-0.15, -0.1) is 10.2 Å². The van der Waals surface area contributed by atoms with E-state index in [0.29, 0.717) is 0 Å². The van der Waals surface area contributed by atoms with Gasteiger partial charge in [0, 0.05) is 0 Å². The molecule has 0 fully saturated rings. The van der Waals surface area contributed by atoms with E-state index in [1.165, 1.54) is 5.56 Å². The van der Waals surface area contributed by atoms with E-state index in [4.69, 9.17) is 28.5 Å². The number of hydrogen-bond donors (Lipinski definition) is 1. The second kappa shape index (κ2) is 7.94. The van der Waals surface area contributed by atoms with Crippen molar-refractivity contribution in [3.63, 3.8) is 0 Å². The predicted octanol–water partition coefficient (Wildman–Crippen LogP) is -1.48. The predicted molar refractivity (Wildman–Crippen MR) is 63.6 cm³/mol. The lowest BCUT2D eigenvalue weighted by Crippen LogP contribution is -2.68. The molecule has 114 valence electrons. The Labute approximate surface area is 124 Å². The van der Waals surface area contributed by atoms with Crippen LogP contribution in [0.4, 0.5) is 0 Å². The second-order valence-electron chi connectivity index (χ2n) is 4.10. The first-order valence-electron chi connectivity index (χ1n) is 5.84. The van der Waals surface area contributed by atoms with Crippen LogP contribution in [-0.4, -0.2) is 5.11 Å². The highest BCUT2D eigenvalue weighted by Gasteiger charge is 1.97. The largest absolute Gasteiger partial charge is 0.457 e. The molecule has 0 amide bonds. The van der Waals surface area contributed by atoms with Crippen LogP contribution in [0.3, 0.4) is 0 Å².